The lowest BCUT2D eigenvalue weighted by Crippen LogP contribution is -2.34. The maximum absolute atomic E-state index is 12.5. The van der Waals surface area contributed by atoms with E-state index in [1.54, 1.807) is 42.5 Å². The van der Waals surface area contributed by atoms with Crippen molar-refractivity contribution < 1.29 is 18.7 Å². The van der Waals surface area contributed by atoms with Gasteiger partial charge >= 0.3 is 0 Å². The zero-order valence-corrected chi connectivity index (χ0v) is 19.3. The summed E-state index contributed by atoms with van der Waals surface area (Å²) in [5.41, 5.74) is 2.94. The fraction of sp³-hybridized carbons (Fsp3) is 0.0455. The molecule has 0 spiro atoms. The van der Waals surface area contributed by atoms with Gasteiger partial charge in [0.1, 0.15) is 5.52 Å². The Hall–Kier alpha value is -3.14. The van der Waals surface area contributed by atoms with Gasteiger partial charge in [0.25, 0.3) is 5.91 Å². The van der Waals surface area contributed by atoms with Crippen LogP contribution in [0.1, 0.15) is 10.4 Å². The molecule has 1 aliphatic rings. The Morgan fingerprint density at radius 2 is 1.91 bits per heavy atom. The van der Waals surface area contributed by atoms with E-state index >= 15 is 0 Å². The molecule has 0 saturated carbocycles. The van der Waals surface area contributed by atoms with Crippen LogP contribution in [0.3, 0.4) is 0 Å². The van der Waals surface area contributed by atoms with Crippen molar-refractivity contribution in [1.29, 1.82) is 0 Å². The third kappa shape index (κ3) is 4.14. The molecule has 32 heavy (non-hydrogen) atoms. The first-order valence-electron chi connectivity index (χ1n) is 9.34. The molecule has 0 radical (unpaired) electrons. The summed E-state index contributed by atoms with van der Waals surface area (Å²) in [6.07, 6.45) is 0. The largest absolute Gasteiger partial charge is 0.454 e. The topological polar surface area (TPSA) is 85.6 Å². The molecule has 4 aromatic rings. The predicted molar refractivity (Wildman–Crippen MR) is 128 cm³/mol. The lowest BCUT2D eigenvalue weighted by atomic mass is 10.2. The number of benzene rings is 3. The van der Waals surface area contributed by atoms with Gasteiger partial charge in [-0.05, 0) is 66.8 Å². The highest BCUT2D eigenvalue weighted by molar-refractivity contribution is 9.10. The molecule has 0 bridgehead atoms. The summed E-state index contributed by atoms with van der Waals surface area (Å²) >= 11 is 15.0. The van der Waals surface area contributed by atoms with Crippen LogP contribution in [0.5, 0.6) is 11.5 Å². The van der Waals surface area contributed by atoms with Gasteiger partial charge in [-0.2, -0.15) is 0 Å². The number of aromatic nitrogens is 1. The van der Waals surface area contributed by atoms with Crippen molar-refractivity contribution in [2.24, 2.45) is 0 Å². The van der Waals surface area contributed by atoms with E-state index in [1.165, 1.54) is 0 Å². The number of carbonyl (C=O) groups excluding carboxylic acids is 1. The first kappa shape index (κ1) is 20.7. The molecule has 1 amide bonds. The monoisotopic (exact) mass is 529 g/mol. The Balaban J connectivity index is 1.31. The second-order valence-corrected chi connectivity index (χ2v) is 8.53. The minimum Gasteiger partial charge on any atom is -0.454 e. The molecule has 1 aromatic heterocycles. The Morgan fingerprint density at radius 3 is 2.78 bits per heavy atom. The number of thiocarbonyl (C=S) groups is 1. The number of halogens is 2. The molecule has 0 atom stereocenters. The number of nitrogens with one attached hydrogen (secondary N) is 2. The Labute approximate surface area is 200 Å². The highest BCUT2D eigenvalue weighted by Gasteiger charge is 2.17. The number of nitrogens with zero attached hydrogens (tertiary/aromatic N) is 1. The van der Waals surface area contributed by atoms with Crippen LogP contribution in [0.25, 0.3) is 22.6 Å². The van der Waals surface area contributed by atoms with Crippen molar-refractivity contribution in [1.82, 2.24) is 10.3 Å². The Morgan fingerprint density at radius 1 is 1.06 bits per heavy atom. The SMILES string of the molecule is O=C(NC(=S)Nc1ccc2oc(-c3cc(Br)ccc3Cl)nc2c1)c1ccc2c(c1)OCO2. The van der Waals surface area contributed by atoms with Crippen molar-refractivity contribution in [3.63, 3.8) is 0 Å². The van der Waals surface area contributed by atoms with Gasteiger partial charge in [0.05, 0.1) is 10.6 Å². The number of anilines is 1. The van der Waals surface area contributed by atoms with Crippen LogP contribution in [0.2, 0.25) is 5.02 Å². The van der Waals surface area contributed by atoms with Gasteiger partial charge in [-0.3, -0.25) is 10.1 Å². The third-order valence-electron chi connectivity index (χ3n) is 4.67. The molecular weight excluding hydrogens is 518 g/mol. The molecule has 7 nitrogen and oxygen atoms in total. The molecule has 0 aliphatic carbocycles. The van der Waals surface area contributed by atoms with E-state index in [2.05, 4.69) is 31.5 Å². The van der Waals surface area contributed by atoms with Crippen LogP contribution >= 0.6 is 39.7 Å². The van der Waals surface area contributed by atoms with E-state index in [0.29, 0.717) is 50.3 Å². The van der Waals surface area contributed by atoms with Crippen molar-refractivity contribution in [2.75, 3.05) is 12.1 Å². The number of amides is 1. The summed E-state index contributed by atoms with van der Waals surface area (Å²) in [4.78, 5) is 17.0. The van der Waals surface area contributed by atoms with Crippen molar-refractivity contribution >= 4 is 67.6 Å². The minimum absolute atomic E-state index is 0.139. The molecule has 0 fully saturated rings. The fourth-order valence-electron chi connectivity index (χ4n) is 3.16. The lowest BCUT2D eigenvalue weighted by Gasteiger charge is -2.09. The second kappa shape index (κ2) is 8.42. The highest BCUT2D eigenvalue weighted by Crippen LogP contribution is 2.33. The normalized spacial score (nSPS) is 12.1. The summed E-state index contributed by atoms with van der Waals surface area (Å²) in [5, 5.41) is 6.31. The van der Waals surface area contributed by atoms with Crippen LogP contribution < -0.4 is 20.1 Å². The molecule has 0 saturated heterocycles. The highest BCUT2D eigenvalue weighted by atomic mass is 79.9. The lowest BCUT2D eigenvalue weighted by molar-refractivity contribution is 0.0977. The summed E-state index contributed by atoms with van der Waals surface area (Å²) in [6.45, 7) is 0.139. The summed E-state index contributed by atoms with van der Waals surface area (Å²) < 4.78 is 17.3. The number of carbonyl (C=O) groups is 1. The average Bonchev–Trinajstić information content (AvgIpc) is 3.41. The van der Waals surface area contributed by atoms with Crippen molar-refractivity contribution in [3.05, 3.63) is 69.7 Å². The molecule has 3 aromatic carbocycles. The van der Waals surface area contributed by atoms with Crippen LogP contribution in [0.15, 0.2) is 63.5 Å². The number of hydrogen-bond donors (Lipinski definition) is 2. The van der Waals surface area contributed by atoms with Crippen LogP contribution in [0, 0.1) is 0 Å². The Bertz CT molecular complexity index is 1390. The fourth-order valence-corrected chi connectivity index (χ4v) is 3.93. The molecule has 10 heteroatoms. The maximum atomic E-state index is 12.5. The molecule has 0 unspecified atom stereocenters. The van der Waals surface area contributed by atoms with E-state index in [9.17, 15) is 4.79 Å². The van der Waals surface area contributed by atoms with Crippen LogP contribution in [0.4, 0.5) is 5.69 Å². The summed E-state index contributed by atoms with van der Waals surface area (Å²) in [7, 11) is 0. The van der Waals surface area contributed by atoms with E-state index in [4.69, 9.17) is 37.7 Å². The third-order valence-corrected chi connectivity index (χ3v) is 5.69. The smallest absolute Gasteiger partial charge is 0.257 e. The van der Waals surface area contributed by atoms with Gasteiger partial charge in [0.15, 0.2) is 22.2 Å². The number of fused-ring (bicyclic) bond motifs is 2. The van der Waals surface area contributed by atoms with Gasteiger partial charge in [-0.25, -0.2) is 4.98 Å². The minimum atomic E-state index is -0.366. The molecule has 2 heterocycles. The van der Waals surface area contributed by atoms with E-state index in [1.807, 2.05) is 12.1 Å². The molecule has 2 N–H and O–H groups in total. The zero-order chi connectivity index (χ0) is 22.2. The van der Waals surface area contributed by atoms with Crippen molar-refractivity contribution in [2.45, 2.75) is 0 Å². The van der Waals surface area contributed by atoms with E-state index in [-0.39, 0.29) is 17.8 Å². The number of oxazole rings is 1. The summed E-state index contributed by atoms with van der Waals surface area (Å²) in [5.74, 6) is 1.16. The van der Waals surface area contributed by atoms with E-state index in [0.717, 1.165) is 4.47 Å². The van der Waals surface area contributed by atoms with Gasteiger partial charge in [-0.15, -0.1) is 0 Å². The zero-order valence-electron chi connectivity index (χ0n) is 16.1. The molecule has 1 aliphatic heterocycles. The molecular formula is C22H13BrClN3O4S. The van der Waals surface area contributed by atoms with E-state index < -0.39 is 0 Å². The second-order valence-electron chi connectivity index (χ2n) is 6.80. The van der Waals surface area contributed by atoms with Gasteiger partial charge in [-0.1, -0.05) is 27.5 Å². The standard InChI is InChI=1S/C22H13BrClN3O4S/c23-12-2-4-15(24)14(8-12)21-26-16-9-13(3-6-17(16)31-21)25-22(32)27-20(28)11-1-5-18-19(7-11)30-10-29-18/h1-9H,10H2,(H2,25,27,28,32). The molecule has 5 rings (SSSR count). The Kier molecular flexibility index (Phi) is 5.46. The number of rotatable bonds is 3. The average molecular weight is 531 g/mol. The maximum Gasteiger partial charge on any atom is 0.257 e. The van der Waals surface area contributed by atoms with Crippen LogP contribution in [-0.2, 0) is 0 Å². The van der Waals surface area contributed by atoms with Crippen molar-refractivity contribution in [3.8, 4) is 23.0 Å². The first-order chi connectivity index (χ1) is 15.5. The quantitative estimate of drug-likeness (QED) is 0.325. The van der Waals surface area contributed by atoms with Gasteiger partial charge in [0, 0.05) is 15.7 Å². The van der Waals surface area contributed by atoms with Gasteiger partial charge < -0.3 is 19.2 Å². The summed E-state index contributed by atoms with van der Waals surface area (Å²) in [6, 6.07) is 15.7. The molecule has 160 valence electrons. The number of hydrogen-bond acceptors (Lipinski definition) is 6. The van der Waals surface area contributed by atoms with Gasteiger partial charge in [0.2, 0.25) is 12.7 Å². The first-order valence-corrected chi connectivity index (χ1v) is 10.9. The predicted octanol–water partition coefficient (Wildman–Crippen LogP) is 5.77. The number of ether oxygens (including phenoxy) is 2. The van der Waals surface area contributed by atoms with Crippen LogP contribution in [-0.4, -0.2) is 22.8 Å².